The molecule has 0 aliphatic carbocycles. The minimum Gasteiger partial charge on any atom is -0.364 e. The van der Waals surface area contributed by atoms with Crippen molar-refractivity contribution in [1.29, 1.82) is 5.26 Å². The number of halogens is 1. The zero-order valence-corrected chi connectivity index (χ0v) is 10.7. The van der Waals surface area contributed by atoms with Crippen LogP contribution >= 0.6 is 15.9 Å². The van der Waals surface area contributed by atoms with Crippen molar-refractivity contribution < 1.29 is 4.79 Å². The number of likely N-dealkylation sites (N-methyl/N-ethyl adjacent to an activating group) is 2. The number of carbonyl (C=O) groups excluding carboxylic acids is 1. The van der Waals surface area contributed by atoms with Crippen LogP contribution in [0.3, 0.4) is 0 Å². The molecule has 0 saturated carbocycles. The van der Waals surface area contributed by atoms with Gasteiger partial charge in [0.1, 0.15) is 0 Å². The molecule has 0 atom stereocenters. The summed E-state index contributed by atoms with van der Waals surface area (Å²) in [5, 5.41) is 11.3. The van der Waals surface area contributed by atoms with Crippen molar-refractivity contribution in [1.82, 2.24) is 5.32 Å². The van der Waals surface area contributed by atoms with Crippen LogP contribution in [0.4, 0.5) is 5.69 Å². The van der Waals surface area contributed by atoms with Crippen molar-refractivity contribution in [3.63, 3.8) is 0 Å². The van der Waals surface area contributed by atoms with E-state index in [0.29, 0.717) is 5.56 Å². The normalized spacial score (nSPS) is 9.38. The van der Waals surface area contributed by atoms with Gasteiger partial charge in [-0.05, 0) is 34.1 Å². The second-order valence-corrected chi connectivity index (χ2v) is 4.16. The maximum atomic E-state index is 11.2. The molecule has 0 aliphatic rings. The van der Waals surface area contributed by atoms with Gasteiger partial charge in [0.2, 0.25) is 5.91 Å². The Morgan fingerprint density at radius 3 is 2.81 bits per heavy atom. The van der Waals surface area contributed by atoms with Gasteiger partial charge in [0.25, 0.3) is 0 Å². The quantitative estimate of drug-likeness (QED) is 0.914. The number of carbonyl (C=O) groups is 1. The van der Waals surface area contributed by atoms with E-state index in [0.717, 1.165) is 10.2 Å². The number of amides is 1. The van der Waals surface area contributed by atoms with Crippen LogP contribution in [0, 0.1) is 11.3 Å². The molecule has 1 amide bonds. The van der Waals surface area contributed by atoms with E-state index in [9.17, 15) is 4.79 Å². The first-order chi connectivity index (χ1) is 7.58. The smallest absolute Gasteiger partial charge is 0.239 e. The Hall–Kier alpha value is -1.54. The predicted octanol–water partition coefficient (Wildman–Crippen LogP) is 1.50. The molecule has 16 heavy (non-hydrogen) atoms. The summed E-state index contributed by atoms with van der Waals surface area (Å²) in [6.45, 7) is 0.279. The second kappa shape index (κ2) is 5.52. The van der Waals surface area contributed by atoms with Gasteiger partial charge in [-0.25, -0.2) is 0 Å². The predicted molar refractivity (Wildman–Crippen MR) is 66.2 cm³/mol. The Morgan fingerprint density at radius 2 is 2.31 bits per heavy atom. The van der Waals surface area contributed by atoms with Gasteiger partial charge in [0.15, 0.2) is 0 Å². The number of nitrogens with zero attached hydrogens (tertiary/aromatic N) is 2. The molecule has 4 nitrogen and oxygen atoms in total. The summed E-state index contributed by atoms with van der Waals surface area (Å²) in [6, 6.07) is 7.32. The molecule has 1 rings (SSSR count). The molecule has 84 valence electrons. The molecular formula is C11H12BrN3O. The van der Waals surface area contributed by atoms with E-state index in [4.69, 9.17) is 5.26 Å². The van der Waals surface area contributed by atoms with Crippen molar-refractivity contribution in [2.75, 3.05) is 25.5 Å². The van der Waals surface area contributed by atoms with Crippen LogP contribution in [0.2, 0.25) is 0 Å². The zero-order valence-electron chi connectivity index (χ0n) is 9.12. The fourth-order valence-electron chi connectivity index (χ4n) is 1.27. The summed E-state index contributed by atoms with van der Waals surface area (Å²) in [4.78, 5) is 13.0. The van der Waals surface area contributed by atoms with Gasteiger partial charge in [-0.15, -0.1) is 0 Å². The van der Waals surface area contributed by atoms with Crippen LogP contribution in [0.1, 0.15) is 5.56 Å². The van der Waals surface area contributed by atoms with E-state index in [2.05, 4.69) is 27.3 Å². The Labute approximate surface area is 103 Å². The highest BCUT2D eigenvalue weighted by atomic mass is 79.9. The summed E-state index contributed by atoms with van der Waals surface area (Å²) < 4.78 is 0.804. The van der Waals surface area contributed by atoms with Crippen LogP contribution in [-0.4, -0.2) is 26.5 Å². The molecule has 0 spiro atoms. The third-order valence-corrected chi connectivity index (χ3v) is 2.78. The van der Waals surface area contributed by atoms with E-state index in [1.165, 1.54) is 0 Å². The molecule has 0 aliphatic heterocycles. The van der Waals surface area contributed by atoms with E-state index in [-0.39, 0.29) is 12.5 Å². The number of nitriles is 1. The lowest BCUT2D eigenvalue weighted by molar-refractivity contribution is -0.119. The first-order valence-corrected chi connectivity index (χ1v) is 5.49. The summed E-state index contributed by atoms with van der Waals surface area (Å²) in [6.07, 6.45) is 0. The minimum atomic E-state index is -0.0567. The van der Waals surface area contributed by atoms with Crippen LogP contribution in [0.25, 0.3) is 0 Å². The van der Waals surface area contributed by atoms with Crippen LogP contribution < -0.4 is 10.2 Å². The Bertz CT molecular complexity index is 439. The second-order valence-electron chi connectivity index (χ2n) is 3.31. The molecule has 1 aromatic carbocycles. The monoisotopic (exact) mass is 281 g/mol. The molecular weight excluding hydrogens is 270 g/mol. The number of benzene rings is 1. The summed E-state index contributed by atoms with van der Waals surface area (Å²) in [5.74, 6) is -0.0567. The van der Waals surface area contributed by atoms with Crippen LogP contribution in [0.5, 0.6) is 0 Å². The molecule has 0 radical (unpaired) electrons. The van der Waals surface area contributed by atoms with Crippen LogP contribution in [-0.2, 0) is 4.79 Å². The van der Waals surface area contributed by atoms with Crippen molar-refractivity contribution in [2.24, 2.45) is 0 Å². The van der Waals surface area contributed by atoms with E-state index >= 15 is 0 Å². The highest BCUT2D eigenvalue weighted by molar-refractivity contribution is 9.10. The highest BCUT2D eigenvalue weighted by Crippen LogP contribution is 2.26. The maximum absolute atomic E-state index is 11.2. The molecule has 0 saturated heterocycles. The van der Waals surface area contributed by atoms with E-state index < -0.39 is 0 Å². The lowest BCUT2D eigenvalue weighted by Crippen LogP contribution is -2.33. The van der Waals surface area contributed by atoms with Crippen molar-refractivity contribution in [2.45, 2.75) is 0 Å². The lowest BCUT2D eigenvalue weighted by Gasteiger charge is -2.19. The van der Waals surface area contributed by atoms with Gasteiger partial charge < -0.3 is 10.2 Å². The molecule has 5 heteroatoms. The summed E-state index contributed by atoms with van der Waals surface area (Å²) in [7, 11) is 3.42. The third-order valence-electron chi connectivity index (χ3n) is 2.15. The largest absolute Gasteiger partial charge is 0.364 e. The zero-order chi connectivity index (χ0) is 12.1. The summed E-state index contributed by atoms with van der Waals surface area (Å²) in [5.41, 5.74) is 1.46. The van der Waals surface area contributed by atoms with Gasteiger partial charge in [-0.2, -0.15) is 5.26 Å². The standard InChI is InChI=1S/C11H12BrN3O/c1-14-11(16)7-15(2)10-4-3-8(6-13)5-9(10)12/h3-5H,7H2,1-2H3,(H,14,16). The number of rotatable bonds is 3. The van der Waals surface area contributed by atoms with Crippen molar-refractivity contribution >= 4 is 27.5 Å². The summed E-state index contributed by atoms with van der Waals surface area (Å²) >= 11 is 3.38. The molecule has 0 unspecified atom stereocenters. The third kappa shape index (κ3) is 2.97. The van der Waals surface area contributed by atoms with Gasteiger partial charge in [0.05, 0.1) is 23.9 Å². The number of hydrogen-bond acceptors (Lipinski definition) is 3. The number of nitrogens with one attached hydrogen (secondary N) is 1. The number of anilines is 1. The number of hydrogen-bond donors (Lipinski definition) is 1. The van der Waals surface area contributed by atoms with Gasteiger partial charge in [-0.1, -0.05) is 0 Å². The molecule has 1 aromatic rings. The average Bonchev–Trinajstić information content (AvgIpc) is 2.28. The molecule has 1 N–H and O–H groups in total. The fourth-order valence-corrected chi connectivity index (χ4v) is 1.95. The van der Waals surface area contributed by atoms with Crippen molar-refractivity contribution in [3.05, 3.63) is 28.2 Å². The molecule has 0 bridgehead atoms. The average molecular weight is 282 g/mol. The maximum Gasteiger partial charge on any atom is 0.239 e. The molecule has 0 fully saturated rings. The first-order valence-electron chi connectivity index (χ1n) is 4.70. The van der Waals surface area contributed by atoms with Crippen LogP contribution in [0.15, 0.2) is 22.7 Å². The topological polar surface area (TPSA) is 56.1 Å². The first kappa shape index (κ1) is 12.5. The van der Waals surface area contributed by atoms with E-state index in [1.807, 2.05) is 18.0 Å². The lowest BCUT2D eigenvalue weighted by atomic mass is 10.2. The highest BCUT2D eigenvalue weighted by Gasteiger charge is 2.09. The SMILES string of the molecule is CNC(=O)CN(C)c1ccc(C#N)cc1Br. The van der Waals surface area contributed by atoms with Gasteiger partial charge in [-0.3, -0.25) is 4.79 Å². The Kier molecular flexibility index (Phi) is 4.32. The fraction of sp³-hybridized carbons (Fsp3) is 0.273. The Morgan fingerprint density at radius 1 is 1.62 bits per heavy atom. The van der Waals surface area contributed by atoms with E-state index in [1.54, 1.807) is 19.2 Å². The Balaban J connectivity index is 2.88. The van der Waals surface area contributed by atoms with Gasteiger partial charge >= 0.3 is 0 Å². The van der Waals surface area contributed by atoms with Gasteiger partial charge in [0, 0.05) is 18.6 Å². The molecule has 0 heterocycles. The van der Waals surface area contributed by atoms with Crippen molar-refractivity contribution in [3.8, 4) is 6.07 Å². The minimum absolute atomic E-state index is 0.0567. The molecule has 0 aromatic heterocycles.